The zero-order chi connectivity index (χ0) is 21.5. The van der Waals surface area contributed by atoms with Crippen molar-refractivity contribution in [3.8, 4) is 21.9 Å². The number of hydrogen-bond acceptors (Lipinski definition) is 5. The minimum atomic E-state index is 0. The van der Waals surface area contributed by atoms with Gasteiger partial charge in [0.1, 0.15) is 0 Å². The van der Waals surface area contributed by atoms with E-state index in [9.17, 15) is 0 Å². The van der Waals surface area contributed by atoms with Gasteiger partial charge in [-0.05, 0) is 73.7 Å². The highest BCUT2D eigenvalue weighted by atomic mass is 35.5. The highest BCUT2D eigenvalue weighted by Gasteiger charge is 2.47. The van der Waals surface area contributed by atoms with Gasteiger partial charge < -0.3 is 9.47 Å². The third kappa shape index (κ3) is 4.12. The maximum atomic E-state index is 6.18. The Balaban J connectivity index is 0.00000245. The van der Waals surface area contributed by atoms with Crippen molar-refractivity contribution >= 4 is 35.3 Å². The standard InChI is InChI=1S/C25H27ClN2O2S.ClH/c1-28-18-9-10-20(28)24(19(13-18)15-4-7-17(26)8-5-15)25-27-14-23(31-25)16-6-11-21(29-2)22(12-16)30-3;/h4-8,11-12,14,18-20,24H,9-10,13H2,1-3H3;1H/t18-,19+,20+,24-;/m0./s1. The molecule has 0 N–H and O–H groups in total. The molecule has 0 spiro atoms. The third-order valence-electron chi connectivity index (χ3n) is 7.04. The summed E-state index contributed by atoms with van der Waals surface area (Å²) < 4.78 is 10.9. The van der Waals surface area contributed by atoms with E-state index >= 15 is 0 Å². The van der Waals surface area contributed by atoms with Crippen LogP contribution < -0.4 is 9.47 Å². The van der Waals surface area contributed by atoms with E-state index in [4.69, 9.17) is 26.1 Å². The predicted octanol–water partition coefficient (Wildman–Crippen LogP) is 6.64. The molecule has 3 heterocycles. The van der Waals surface area contributed by atoms with Crippen molar-refractivity contribution in [1.29, 1.82) is 0 Å². The summed E-state index contributed by atoms with van der Waals surface area (Å²) in [5.41, 5.74) is 2.49. The van der Waals surface area contributed by atoms with Gasteiger partial charge in [0, 0.05) is 29.2 Å². The lowest BCUT2D eigenvalue weighted by Crippen LogP contribution is -2.44. The first-order valence-electron chi connectivity index (χ1n) is 10.7. The molecule has 4 nitrogen and oxygen atoms in total. The van der Waals surface area contributed by atoms with Crippen LogP contribution in [0.4, 0.5) is 0 Å². The molecule has 170 valence electrons. The molecule has 5 rings (SSSR count). The van der Waals surface area contributed by atoms with Gasteiger partial charge >= 0.3 is 0 Å². The number of thiazole rings is 1. The first-order valence-corrected chi connectivity index (χ1v) is 11.9. The lowest BCUT2D eigenvalue weighted by atomic mass is 9.76. The number of piperidine rings is 1. The summed E-state index contributed by atoms with van der Waals surface area (Å²) >= 11 is 7.98. The summed E-state index contributed by atoms with van der Waals surface area (Å²) in [4.78, 5) is 8.71. The maximum Gasteiger partial charge on any atom is 0.161 e. The van der Waals surface area contributed by atoms with Gasteiger partial charge in [0.2, 0.25) is 0 Å². The van der Waals surface area contributed by atoms with Crippen molar-refractivity contribution in [2.45, 2.75) is 43.2 Å². The van der Waals surface area contributed by atoms with Crippen molar-refractivity contribution < 1.29 is 9.47 Å². The minimum absolute atomic E-state index is 0. The van der Waals surface area contributed by atoms with E-state index in [1.54, 1.807) is 25.6 Å². The van der Waals surface area contributed by atoms with Crippen LogP contribution in [0.1, 0.15) is 41.7 Å². The fourth-order valence-corrected chi connectivity index (χ4v) is 6.69. The SMILES string of the molecule is COc1ccc(-c2cnc([C@H]3[C@@H](c4ccc(Cl)cc4)C[C@@H]4CC[C@H]3N4C)s2)cc1OC.Cl. The Hall–Kier alpha value is -1.79. The molecule has 0 unspecified atom stereocenters. The van der Waals surface area contributed by atoms with E-state index < -0.39 is 0 Å². The molecule has 7 heteroatoms. The molecule has 0 amide bonds. The van der Waals surface area contributed by atoms with E-state index in [0.29, 0.717) is 23.9 Å². The Morgan fingerprint density at radius 3 is 2.50 bits per heavy atom. The van der Waals surface area contributed by atoms with Crippen LogP contribution in [0.25, 0.3) is 10.4 Å². The molecule has 0 saturated carbocycles. The van der Waals surface area contributed by atoms with E-state index in [0.717, 1.165) is 27.0 Å². The average Bonchev–Trinajstić information content (AvgIpc) is 3.36. The summed E-state index contributed by atoms with van der Waals surface area (Å²) in [5.74, 6) is 2.34. The van der Waals surface area contributed by atoms with Gasteiger partial charge in [-0.15, -0.1) is 23.7 Å². The number of likely N-dealkylation sites (N-methyl/N-ethyl adjacent to an activating group) is 1. The maximum absolute atomic E-state index is 6.18. The van der Waals surface area contributed by atoms with Crippen LogP contribution in [-0.2, 0) is 0 Å². The molecule has 0 radical (unpaired) electrons. The normalized spacial score (nSPS) is 24.8. The second-order valence-corrected chi connectivity index (χ2v) is 10.0. The summed E-state index contributed by atoms with van der Waals surface area (Å²) in [5, 5.41) is 2.02. The Morgan fingerprint density at radius 2 is 1.78 bits per heavy atom. The van der Waals surface area contributed by atoms with Gasteiger partial charge in [-0.3, -0.25) is 4.90 Å². The Bertz CT molecular complexity index is 1070. The first kappa shape index (κ1) is 23.4. The van der Waals surface area contributed by atoms with E-state index in [-0.39, 0.29) is 12.4 Å². The van der Waals surface area contributed by atoms with Crippen molar-refractivity contribution in [3.05, 3.63) is 64.3 Å². The third-order valence-corrected chi connectivity index (χ3v) is 8.44. The monoisotopic (exact) mass is 490 g/mol. The number of ether oxygens (including phenoxy) is 2. The van der Waals surface area contributed by atoms with Crippen LogP contribution in [0.15, 0.2) is 48.7 Å². The van der Waals surface area contributed by atoms with Crippen LogP contribution in [0.3, 0.4) is 0 Å². The summed E-state index contributed by atoms with van der Waals surface area (Å²) in [7, 11) is 5.62. The number of benzene rings is 2. The Morgan fingerprint density at radius 1 is 1.03 bits per heavy atom. The lowest BCUT2D eigenvalue weighted by molar-refractivity contribution is 0.137. The van der Waals surface area contributed by atoms with Gasteiger partial charge in [-0.25, -0.2) is 4.98 Å². The highest BCUT2D eigenvalue weighted by molar-refractivity contribution is 7.15. The van der Waals surface area contributed by atoms with Crippen LogP contribution in [0, 0.1) is 0 Å². The largest absolute Gasteiger partial charge is 0.493 e. The van der Waals surface area contributed by atoms with Crippen LogP contribution >= 0.6 is 35.3 Å². The van der Waals surface area contributed by atoms with E-state index in [1.165, 1.54) is 29.8 Å². The molecular weight excluding hydrogens is 463 g/mol. The molecular formula is C25H28Cl2N2O2S. The zero-order valence-corrected chi connectivity index (χ0v) is 20.8. The fraction of sp³-hybridized carbons (Fsp3) is 0.400. The van der Waals surface area contributed by atoms with Gasteiger partial charge in [-0.1, -0.05) is 23.7 Å². The average molecular weight is 491 g/mol. The summed E-state index contributed by atoms with van der Waals surface area (Å²) in [6.07, 6.45) is 5.70. The number of hydrogen-bond donors (Lipinski definition) is 0. The number of nitrogens with zero attached hydrogens (tertiary/aromatic N) is 2. The molecule has 2 fully saturated rings. The molecule has 1 aromatic heterocycles. The van der Waals surface area contributed by atoms with Gasteiger partial charge in [0.25, 0.3) is 0 Å². The lowest BCUT2D eigenvalue weighted by Gasteiger charge is -2.42. The van der Waals surface area contributed by atoms with Gasteiger partial charge in [-0.2, -0.15) is 0 Å². The molecule has 2 aliphatic rings. The molecule has 32 heavy (non-hydrogen) atoms. The summed E-state index contributed by atoms with van der Waals surface area (Å²) in [6.45, 7) is 0. The smallest absolute Gasteiger partial charge is 0.161 e. The van der Waals surface area contributed by atoms with Crippen molar-refractivity contribution in [1.82, 2.24) is 9.88 Å². The van der Waals surface area contributed by atoms with Crippen molar-refractivity contribution in [2.75, 3.05) is 21.3 Å². The molecule has 2 saturated heterocycles. The highest BCUT2D eigenvalue weighted by Crippen LogP contribution is 2.52. The second kappa shape index (κ2) is 9.60. The van der Waals surface area contributed by atoms with Crippen molar-refractivity contribution in [3.63, 3.8) is 0 Å². The Labute approximate surface area is 204 Å². The number of rotatable bonds is 5. The van der Waals surface area contributed by atoms with Crippen LogP contribution in [-0.4, -0.2) is 43.2 Å². The number of aromatic nitrogens is 1. The van der Waals surface area contributed by atoms with Crippen molar-refractivity contribution in [2.24, 2.45) is 0 Å². The molecule has 2 bridgehead atoms. The minimum Gasteiger partial charge on any atom is -0.493 e. The fourth-order valence-electron chi connectivity index (χ4n) is 5.42. The van der Waals surface area contributed by atoms with Crippen LogP contribution in [0.2, 0.25) is 5.02 Å². The second-order valence-electron chi connectivity index (χ2n) is 8.52. The molecule has 2 aliphatic heterocycles. The summed E-state index contributed by atoms with van der Waals surface area (Å²) in [6, 6.07) is 15.7. The van der Waals surface area contributed by atoms with Gasteiger partial charge in [0.05, 0.1) is 24.1 Å². The molecule has 2 aromatic carbocycles. The Kier molecular flexibility index (Phi) is 7.01. The molecule has 3 aromatic rings. The van der Waals surface area contributed by atoms with E-state index in [2.05, 4.69) is 30.1 Å². The van der Waals surface area contributed by atoms with Crippen LogP contribution in [0.5, 0.6) is 11.5 Å². The molecule has 0 aliphatic carbocycles. The predicted molar refractivity (Wildman–Crippen MR) is 134 cm³/mol. The van der Waals surface area contributed by atoms with E-state index in [1.807, 2.05) is 30.5 Å². The number of methoxy groups -OCH3 is 2. The first-order chi connectivity index (χ1) is 15.1. The number of halogens is 2. The topological polar surface area (TPSA) is 34.6 Å². The van der Waals surface area contributed by atoms with Gasteiger partial charge in [0.15, 0.2) is 11.5 Å². The quantitative estimate of drug-likeness (QED) is 0.401. The molecule has 4 atom stereocenters. The number of fused-ring (bicyclic) bond motifs is 2. The zero-order valence-electron chi connectivity index (χ0n) is 18.5.